The molecule has 0 amide bonds. The highest BCUT2D eigenvalue weighted by Crippen LogP contribution is 2.29. The summed E-state index contributed by atoms with van der Waals surface area (Å²) in [5.41, 5.74) is -0.0870. The molecule has 2 atom stereocenters. The van der Waals surface area contributed by atoms with Gasteiger partial charge in [0.15, 0.2) is 11.6 Å². The summed E-state index contributed by atoms with van der Waals surface area (Å²) < 4.78 is 39.0. The third kappa shape index (κ3) is 2.36. The van der Waals surface area contributed by atoms with E-state index in [-0.39, 0.29) is 17.6 Å². The van der Waals surface area contributed by atoms with Crippen molar-refractivity contribution in [1.29, 1.82) is 5.26 Å². The molecule has 0 aromatic heterocycles. The predicted octanol–water partition coefficient (Wildman–Crippen LogP) is 3.21. The Bertz CT molecular complexity index is 468. The number of anilines is 1. The van der Waals surface area contributed by atoms with Gasteiger partial charge in [-0.05, 0) is 19.3 Å². The van der Waals surface area contributed by atoms with Gasteiger partial charge in [-0.15, -0.1) is 0 Å². The zero-order chi connectivity index (χ0) is 12.4. The van der Waals surface area contributed by atoms with Crippen molar-refractivity contribution < 1.29 is 13.2 Å². The topological polar surface area (TPSA) is 35.8 Å². The number of rotatable bonds is 2. The largest absolute Gasteiger partial charge is 0.379 e. The average molecular weight is 240 g/mol. The molecule has 1 aromatic carbocycles. The van der Waals surface area contributed by atoms with Crippen molar-refractivity contribution >= 4 is 5.69 Å². The molecule has 0 bridgehead atoms. The van der Waals surface area contributed by atoms with Crippen LogP contribution in [0, 0.1) is 34.7 Å². The predicted molar refractivity (Wildman–Crippen MR) is 56.7 cm³/mol. The quantitative estimate of drug-likeness (QED) is 0.806. The van der Waals surface area contributed by atoms with E-state index in [0.29, 0.717) is 6.07 Å². The zero-order valence-corrected chi connectivity index (χ0v) is 9.01. The molecule has 0 aliphatic heterocycles. The molecule has 17 heavy (non-hydrogen) atoms. The summed E-state index contributed by atoms with van der Waals surface area (Å²) in [5.74, 6) is -3.35. The third-order valence-corrected chi connectivity index (χ3v) is 3.03. The van der Waals surface area contributed by atoms with Crippen LogP contribution in [0.25, 0.3) is 0 Å². The monoisotopic (exact) mass is 240 g/mol. The van der Waals surface area contributed by atoms with Gasteiger partial charge in [-0.25, -0.2) is 13.2 Å². The Morgan fingerprint density at radius 1 is 1.12 bits per heavy atom. The summed E-state index contributed by atoms with van der Waals surface area (Å²) >= 11 is 0. The molecule has 1 saturated carbocycles. The first-order valence-corrected chi connectivity index (χ1v) is 5.42. The SMILES string of the molecule is N#CC1CCCC1Nc1cc(F)c(F)cc1F. The second kappa shape index (κ2) is 4.66. The molecule has 0 spiro atoms. The summed E-state index contributed by atoms with van der Waals surface area (Å²) in [6.07, 6.45) is 2.36. The van der Waals surface area contributed by atoms with Crippen LogP contribution in [0.3, 0.4) is 0 Å². The maximum Gasteiger partial charge on any atom is 0.161 e. The summed E-state index contributed by atoms with van der Waals surface area (Å²) in [7, 11) is 0. The number of nitrogens with one attached hydrogen (secondary N) is 1. The van der Waals surface area contributed by atoms with Gasteiger partial charge in [0.1, 0.15) is 5.82 Å². The fourth-order valence-corrected chi connectivity index (χ4v) is 2.12. The molecular formula is C12H11F3N2. The van der Waals surface area contributed by atoms with Crippen molar-refractivity contribution in [3.8, 4) is 6.07 Å². The molecule has 0 heterocycles. The summed E-state index contributed by atoms with van der Waals surface area (Å²) in [6.45, 7) is 0. The van der Waals surface area contributed by atoms with Crippen molar-refractivity contribution in [2.24, 2.45) is 5.92 Å². The van der Waals surface area contributed by atoms with Gasteiger partial charge in [0.25, 0.3) is 0 Å². The average Bonchev–Trinajstić information content (AvgIpc) is 2.73. The third-order valence-electron chi connectivity index (χ3n) is 3.03. The lowest BCUT2D eigenvalue weighted by atomic mass is 10.1. The van der Waals surface area contributed by atoms with Crippen molar-refractivity contribution in [2.75, 3.05) is 5.32 Å². The van der Waals surface area contributed by atoms with Crippen LogP contribution in [0.15, 0.2) is 12.1 Å². The highest BCUT2D eigenvalue weighted by atomic mass is 19.2. The smallest absolute Gasteiger partial charge is 0.161 e. The van der Waals surface area contributed by atoms with Crippen LogP contribution < -0.4 is 5.32 Å². The van der Waals surface area contributed by atoms with E-state index in [2.05, 4.69) is 11.4 Å². The molecule has 2 unspecified atom stereocenters. The Labute approximate surface area is 97.1 Å². The minimum absolute atomic E-state index is 0.0870. The molecule has 5 heteroatoms. The molecule has 1 aromatic rings. The lowest BCUT2D eigenvalue weighted by Gasteiger charge is -2.17. The highest BCUT2D eigenvalue weighted by molar-refractivity contribution is 5.46. The van der Waals surface area contributed by atoms with Crippen LogP contribution in [0.4, 0.5) is 18.9 Å². The molecule has 1 aliphatic rings. The number of benzene rings is 1. The van der Waals surface area contributed by atoms with Gasteiger partial charge < -0.3 is 5.32 Å². The first-order chi connectivity index (χ1) is 8.11. The Kier molecular flexibility index (Phi) is 3.23. The molecule has 2 rings (SSSR count). The lowest BCUT2D eigenvalue weighted by molar-refractivity contribution is 0.494. The number of halogens is 3. The maximum absolute atomic E-state index is 13.4. The van der Waals surface area contributed by atoms with Gasteiger partial charge in [-0.1, -0.05) is 0 Å². The molecule has 0 saturated heterocycles. The minimum atomic E-state index is -1.21. The first-order valence-electron chi connectivity index (χ1n) is 5.42. The van der Waals surface area contributed by atoms with Crippen molar-refractivity contribution in [3.63, 3.8) is 0 Å². The van der Waals surface area contributed by atoms with E-state index < -0.39 is 17.5 Å². The molecule has 1 aliphatic carbocycles. The second-order valence-electron chi connectivity index (χ2n) is 4.16. The summed E-state index contributed by atoms with van der Waals surface area (Å²) in [6, 6.07) is 3.23. The van der Waals surface area contributed by atoms with E-state index >= 15 is 0 Å². The zero-order valence-electron chi connectivity index (χ0n) is 9.01. The standard InChI is InChI=1S/C12H11F3N2/c13-8-4-10(15)12(5-9(8)14)17-11-3-1-2-7(11)6-16/h4-5,7,11,17H,1-3H2. The van der Waals surface area contributed by atoms with Crippen LogP contribution in [-0.2, 0) is 0 Å². The Morgan fingerprint density at radius 2 is 1.82 bits per heavy atom. The maximum atomic E-state index is 13.4. The van der Waals surface area contributed by atoms with E-state index in [4.69, 9.17) is 5.26 Å². The van der Waals surface area contributed by atoms with Gasteiger partial charge in [0, 0.05) is 18.2 Å². The number of hydrogen-bond donors (Lipinski definition) is 1. The number of nitrogens with zero attached hydrogens (tertiary/aromatic N) is 1. The van der Waals surface area contributed by atoms with E-state index in [9.17, 15) is 13.2 Å². The Hall–Kier alpha value is -1.70. The minimum Gasteiger partial charge on any atom is -0.379 e. The van der Waals surface area contributed by atoms with E-state index in [1.165, 1.54) is 0 Å². The molecule has 1 N–H and O–H groups in total. The Balaban J connectivity index is 2.19. The number of nitriles is 1. The Morgan fingerprint density at radius 3 is 2.53 bits per heavy atom. The number of hydrogen-bond acceptors (Lipinski definition) is 2. The molecule has 1 fully saturated rings. The van der Waals surface area contributed by atoms with Gasteiger partial charge in [0.2, 0.25) is 0 Å². The second-order valence-corrected chi connectivity index (χ2v) is 4.16. The van der Waals surface area contributed by atoms with Gasteiger partial charge in [-0.2, -0.15) is 5.26 Å². The lowest BCUT2D eigenvalue weighted by Crippen LogP contribution is -2.23. The van der Waals surface area contributed by atoms with Crippen LogP contribution in [0.2, 0.25) is 0 Å². The normalized spacial score (nSPS) is 23.4. The first kappa shape index (κ1) is 11.8. The molecule has 0 radical (unpaired) electrons. The van der Waals surface area contributed by atoms with Crippen LogP contribution >= 0.6 is 0 Å². The fraction of sp³-hybridized carbons (Fsp3) is 0.417. The fourth-order valence-electron chi connectivity index (χ4n) is 2.12. The molecule has 90 valence electrons. The van der Waals surface area contributed by atoms with Crippen LogP contribution in [0.1, 0.15) is 19.3 Å². The summed E-state index contributed by atoms with van der Waals surface area (Å²) in [4.78, 5) is 0. The summed E-state index contributed by atoms with van der Waals surface area (Å²) in [5, 5.41) is 11.6. The highest BCUT2D eigenvalue weighted by Gasteiger charge is 2.27. The van der Waals surface area contributed by atoms with Gasteiger partial charge in [-0.3, -0.25) is 0 Å². The van der Waals surface area contributed by atoms with Crippen molar-refractivity contribution in [2.45, 2.75) is 25.3 Å². The molecular weight excluding hydrogens is 229 g/mol. The van der Waals surface area contributed by atoms with E-state index in [1.54, 1.807) is 0 Å². The van der Waals surface area contributed by atoms with E-state index in [1.807, 2.05) is 0 Å². The van der Waals surface area contributed by atoms with Gasteiger partial charge in [0.05, 0.1) is 17.7 Å². The van der Waals surface area contributed by atoms with Gasteiger partial charge >= 0.3 is 0 Å². The molecule has 2 nitrogen and oxygen atoms in total. The van der Waals surface area contributed by atoms with E-state index in [0.717, 1.165) is 25.3 Å². The van der Waals surface area contributed by atoms with Crippen LogP contribution in [-0.4, -0.2) is 6.04 Å². The van der Waals surface area contributed by atoms with Crippen LogP contribution in [0.5, 0.6) is 0 Å². The van der Waals surface area contributed by atoms with Crippen molar-refractivity contribution in [1.82, 2.24) is 0 Å². The van der Waals surface area contributed by atoms with Crippen molar-refractivity contribution in [3.05, 3.63) is 29.6 Å².